The monoisotopic (exact) mass is 374 g/mol. The molecule has 3 atom stereocenters. The highest BCUT2D eigenvalue weighted by Crippen LogP contribution is 2.65. The topological polar surface area (TPSA) is 41.6 Å². The fourth-order valence-corrected chi connectivity index (χ4v) is 6.49. The van der Waals surface area contributed by atoms with E-state index in [1.807, 2.05) is 0 Å². The van der Waals surface area contributed by atoms with Crippen molar-refractivity contribution in [3.63, 3.8) is 0 Å². The molecule has 5 rings (SSSR count). The number of nitrogens with one attached hydrogen (secondary N) is 1. The predicted molar refractivity (Wildman–Crippen MR) is 105 cm³/mol. The van der Waals surface area contributed by atoms with Crippen LogP contribution in [0.25, 0.3) is 0 Å². The Morgan fingerprint density at radius 3 is 2.88 bits per heavy atom. The molecule has 0 aromatic heterocycles. The van der Waals surface area contributed by atoms with Crippen molar-refractivity contribution < 1.29 is 9.53 Å². The number of rotatable bonds is 2. The van der Waals surface area contributed by atoms with Crippen molar-refractivity contribution >= 4 is 24.1 Å². The summed E-state index contributed by atoms with van der Waals surface area (Å²) in [5, 5.41) is 3.65. The van der Waals surface area contributed by atoms with Gasteiger partial charge in [0.2, 0.25) is 0 Å². The molecule has 26 heavy (non-hydrogen) atoms. The molecular formula is C21H27ClN2O2. The predicted octanol–water partition coefficient (Wildman–Crippen LogP) is 3.87. The molecule has 0 saturated carbocycles. The minimum absolute atomic E-state index is 0. The maximum absolute atomic E-state index is 12.7. The number of para-hydroxylation sites is 1. The second kappa shape index (κ2) is 6.00. The summed E-state index contributed by atoms with van der Waals surface area (Å²) in [5.74, 6) is -0.148. The van der Waals surface area contributed by atoms with Crippen LogP contribution in [0.3, 0.4) is 0 Å². The Bertz CT molecular complexity index is 792. The fraction of sp³-hybridized carbons (Fsp3) is 0.571. The molecule has 5 heteroatoms. The lowest BCUT2D eigenvalue weighted by molar-refractivity contribution is -0.137. The molecule has 0 radical (unpaired) electrons. The van der Waals surface area contributed by atoms with Crippen LogP contribution in [0.4, 0.5) is 5.69 Å². The molecule has 0 bridgehead atoms. The number of carbonyl (C=O) groups is 1. The van der Waals surface area contributed by atoms with E-state index in [1.165, 1.54) is 37.7 Å². The van der Waals surface area contributed by atoms with Crippen molar-refractivity contribution in [1.82, 2.24) is 4.90 Å². The van der Waals surface area contributed by atoms with E-state index >= 15 is 0 Å². The molecule has 140 valence electrons. The minimum atomic E-state index is -0.148. The van der Waals surface area contributed by atoms with E-state index in [4.69, 9.17) is 4.74 Å². The van der Waals surface area contributed by atoms with E-state index in [1.54, 1.807) is 0 Å². The number of carbonyl (C=O) groups excluding carboxylic acids is 1. The molecule has 0 unspecified atom stereocenters. The van der Waals surface area contributed by atoms with Gasteiger partial charge in [-0.05, 0) is 62.2 Å². The molecule has 4 aliphatic rings. The lowest BCUT2D eigenvalue weighted by atomic mass is 9.53. The smallest absolute Gasteiger partial charge is 0.335 e. The number of nitrogens with zero attached hydrogens (tertiary/aromatic N) is 1. The van der Waals surface area contributed by atoms with Gasteiger partial charge in [-0.1, -0.05) is 25.1 Å². The Morgan fingerprint density at radius 1 is 1.31 bits per heavy atom. The zero-order valence-electron chi connectivity index (χ0n) is 15.5. The van der Waals surface area contributed by atoms with Crippen LogP contribution >= 0.6 is 12.4 Å². The average molecular weight is 375 g/mol. The Balaban J connectivity index is 0.00000168. The van der Waals surface area contributed by atoms with Gasteiger partial charge in [-0.25, -0.2) is 4.79 Å². The number of methoxy groups -OCH3 is 1. The minimum Gasteiger partial charge on any atom is -0.466 e. The number of fused-ring (bicyclic) bond motifs is 1. The molecule has 1 aromatic rings. The summed E-state index contributed by atoms with van der Waals surface area (Å²) >= 11 is 0. The molecule has 1 aliphatic carbocycles. The summed E-state index contributed by atoms with van der Waals surface area (Å²) in [5.41, 5.74) is 4.71. The number of benzene rings is 1. The molecule has 3 aliphatic heterocycles. The van der Waals surface area contributed by atoms with E-state index in [-0.39, 0.29) is 29.2 Å². The van der Waals surface area contributed by atoms with E-state index < -0.39 is 0 Å². The zero-order valence-corrected chi connectivity index (χ0v) is 16.3. The quantitative estimate of drug-likeness (QED) is 0.798. The molecule has 4 nitrogen and oxygen atoms in total. The van der Waals surface area contributed by atoms with Crippen molar-refractivity contribution in [2.24, 2.45) is 5.41 Å². The lowest BCUT2D eigenvalue weighted by Crippen LogP contribution is -2.59. The van der Waals surface area contributed by atoms with Crippen LogP contribution in [0.1, 0.15) is 44.6 Å². The van der Waals surface area contributed by atoms with E-state index in [0.717, 1.165) is 37.1 Å². The normalized spacial score (nSPS) is 34.3. The number of piperidine rings is 1. The number of esters is 1. The standard InChI is InChI=1S/C21H26N2O2.ClH/c1-3-20-9-6-11-23-12-10-21(19(20)23)15-7-4-5-8-16(15)22-17(21)14(13-20)18(24)25-2;/h4-5,7-8,19,22H,3,6,9-13H2,1-2H3;1H/t19-,20-,21-;/m0./s1. The van der Waals surface area contributed by atoms with Crippen molar-refractivity contribution in [3.8, 4) is 0 Å². The van der Waals surface area contributed by atoms with Gasteiger partial charge in [0.25, 0.3) is 0 Å². The third-order valence-electron chi connectivity index (χ3n) is 7.41. The van der Waals surface area contributed by atoms with E-state index in [0.29, 0.717) is 6.04 Å². The molecule has 1 N–H and O–H groups in total. The fourth-order valence-electron chi connectivity index (χ4n) is 6.49. The van der Waals surface area contributed by atoms with Crippen molar-refractivity contribution in [1.29, 1.82) is 0 Å². The maximum Gasteiger partial charge on any atom is 0.335 e. The largest absolute Gasteiger partial charge is 0.466 e. The van der Waals surface area contributed by atoms with Crippen molar-refractivity contribution in [3.05, 3.63) is 41.1 Å². The van der Waals surface area contributed by atoms with Gasteiger partial charge in [0.05, 0.1) is 18.1 Å². The summed E-state index contributed by atoms with van der Waals surface area (Å²) in [4.78, 5) is 15.4. The van der Waals surface area contributed by atoms with Crippen molar-refractivity contribution in [2.45, 2.75) is 50.5 Å². The van der Waals surface area contributed by atoms with Crippen molar-refractivity contribution in [2.75, 3.05) is 25.5 Å². The molecule has 2 fully saturated rings. The number of halogens is 1. The highest BCUT2D eigenvalue weighted by atomic mass is 35.5. The van der Waals surface area contributed by atoms with Gasteiger partial charge in [0, 0.05) is 17.4 Å². The first kappa shape index (κ1) is 17.9. The van der Waals surface area contributed by atoms with E-state index in [2.05, 4.69) is 41.4 Å². The zero-order chi connectivity index (χ0) is 17.2. The molecule has 2 saturated heterocycles. The summed E-state index contributed by atoms with van der Waals surface area (Å²) in [6, 6.07) is 9.15. The van der Waals surface area contributed by atoms with Crippen LogP contribution in [0.2, 0.25) is 0 Å². The Hall–Kier alpha value is -1.52. The molecule has 3 heterocycles. The first-order valence-corrected chi connectivity index (χ1v) is 9.59. The average Bonchev–Trinajstić information content (AvgIpc) is 3.21. The number of hydrogen-bond donors (Lipinski definition) is 1. The number of anilines is 1. The van der Waals surface area contributed by atoms with Gasteiger partial charge in [-0.15, -0.1) is 12.4 Å². The van der Waals surface area contributed by atoms with Gasteiger partial charge in [0.1, 0.15) is 0 Å². The van der Waals surface area contributed by atoms with Gasteiger partial charge in [0.15, 0.2) is 0 Å². The maximum atomic E-state index is 12.7. The summed E-state index contributed by atoms with van der Waals surface area (Å²) in [7, 11) is 1.51. The summed E-state index contributed by atoms with van der Waals surface area (Å²) in [6.07, 6.45) is 5.50. The second-order valence-corrected chi connectivity index (χ2v) is 8.17. The van der Waals surface area contributed by atoms with Gasteiger partial charge < -0.3 is 10.1 Å². The third-order valence-corrected chi connectivity index (χ3v) is 7.41. The highest BCUT2D eigenvalue weighted by molar-refractivity contribution is 5.93. The molecular weight excluding hydrogens is 348 g/mol. The molecule has 1 aromatic carbocycles. The lowest BCUT2D eigenvalue weighted by Gasteiger charge is -2.56. The van der Waals surface area contributed by atoms with Gasteiger partial charge in [-0.2, -0.15) is 0 Å². The summed E-state index contributed by atoms with van der Waals surface area (Å²) < 4.78 is 5.22. The Labute approximate surface area is 161 Å². The van der Waals surface area contributed by atoms with Gasteiger partial charge in [-0.3, -0.25) is 4.90 Å². The van der Waals surface area contributed by atoms with Crippen LogP contribution in [0.15, 0.2) is 35.5 Å². The van der Waals surface area contributed by atoms with E-state index in [9.17, 15) is 4.79 Å². The molecule has 0 amide bonds. The SMILES string of the molecule is CC[C@]12CCCN3CC[C@]4(C(=C(C(=O)OC)C1)Nc1ccccc14)[C@@H]32.Cl. The van der Waals surface area contributed by atoms with Crippen LogP contribution in [-0.4, -0.2) is 37.1 Å². The first-order chi connectivity index (χ1) is 12.2. The van der Waals surface area contributed by atoms with Crippen LogP contribution in [-0.2, 0) is 14.9 Å². The van der Waals surface area contributed by atoms with Crippen LogP contribution in [0.5, 0.6) is 0 Å². The summed E-state index contributed by atoms with van der Waals surface area (Å²) in [6.45, 7) is 4.63. The highest BCUT2D eigenvalue weighted by Gasteiger charge is 2.65. The number of hydrogen-bond acceptors (Lipinski definition) is 4. The van der Waals surface area contributed by atoms with Crippen LogP contribution in [0, 0.1) is 5.41 Å². The number of ether oxygens (including phenoxy) is 1. The Morgan fingerprint density at radius 2 is 2.12 bits per heavy atom. The molecule has 1 spiro atoms. The Kier molecular flexibility index (Phi) is 4.12. The first-order valence-electron chi connectivity index (χ1n) is 9.59. The van der Waals surface area contributed by atoms with Crippen LogP contribution < -0.4 is 5.32 Å². The third kappa shape index (κ3) is 1.97. The van der Waals surface area contributed by atoms with Gasteiger partial charge >= 0.3 is 5.97 Å². The second-order valence-electron chi connectivity index (χ2n) is 8.17.